The van der Waals surface area contributed by atoms with Crippen LogP contribution in [0.5, 0.6) is 5.75 Å². The van der Waals surface area contributed by atoms with Crippen LogP contribution in [-0.4, -0.2) is 61.3 Å². The zero-order valence-electron chi connectivity index (χ0n) is 17.4. The molecule has 2 aromatic rings. The first-order chi connectivity index (χ1) is 14.0. The number of benzene rings is 1. The fourth-order valence-electron chi connectivity index (χ4n) is 3.84. The Labute approximate surface area is 177 Å². The van der Waals surface area contributed by atoms with Crippen LogP contribution in [0.25, 0.3) is 10.9 Å². The number of pyridine rings is 1. The maximum atomic E-state index is 13.5. The van der Waals surface area contributed by atoms with Crippen molar-refractivity contribution in [2.45, 2.75) is 45.2 Å². The second kappa shape index (κ2) is 10.2. The van der Waals surface area contributed by atoms with E-state index in [1.807, 2.05) is 36.9 Å². The SMILES string of the molecule is COCCCOc1cc(C(=O)N(C(C)C)[C@@H]2CCCNC2)nc2cccc(Cl)c12. The van der Waals surface area contributed by atoms with E-state index in [1.54, 1.807) is 13.2 Å². The molecule has 7 heteroatoms. The lowest BCUT2D eigenvalue weighted by atomic mass is 10.0. The van der Waals surface area contributed by atoms with Gasteiger partial charge in [-0.05, 0) is 45.4 Å². The van der Waals surface area contributed by atoms with E-state index in [0.29, 0.717) is 35.2 Å². The molecule has 1 amide bonds. The summed E-state index contributed by atoms with van der Waals surface area (Å²) in [6.45, 7) is 7.00. The molecular weight excluding hydrogens is 390 g/mol. The fraction of sp³-hybridized carbons (Fsp3) is 0.545. The second-order valence-electron chi connectivity index (χ2n) is 7.64. The lowest BCUT2D eigenvalue weighted by Crippen LogP contribution is -2.51. The molecule has 6 nitrogen and oxygen atoms in total. The summed E-state index contributed by atoms with van der Waals surface area (Å²) < 4.78 is 11.1. The predicted molar refractivity (Wildman–Crippen MR) is 116 cm³/mol. The third-order valence-corrected chi connectivity index (χ3v) is 5.49. The molecule has 1 N–H and O–H groups in total. The van der Waals surface area contributed by atoms with Crippen molar-refractivity contribution in [3.8, 4) is 5.75 Å². The Hall–Kier alpha value is -1.89. The van der Waals surface area contributed by atoms with E-state index in [9.17, 15) is 4.79 Å². The van der Waals surface area contributed by atoms with Crippen molar-refractivity contribution in [3.05, 3.63) is 35.0 Å². The maximum absolute atomic E-state index is 13.5. The molecule has 1 aliphatic heterocycles. The number of ether oxygens (including phenoxy) is 2. The van der Waals surface area contributed by atoms with Crippen molar-refractivity contribution in [2.75, 3.05) is 33.4 Å². The Morgan fingerprint density at radius 2 is 2.21 bits per heavy atom. The minimum Gasteiger partial charge on any atom is -0.493 e. The van der Waals surface area contributed by atoms with Crippen LogP contribution in [0.1, 0.15) is 43.6 Å². The van der Waals surface area contributed by atoms with Gasteiger partial charge in [0.1, 0.15) is 11.4 Å². The minimum atomic E-state index is -0.0719. The molecule has 0 bridgehead atoms. The molecular formula is C22H30ClN3O3. The number of aromatic nitrogens is 1. The smallest absolute Gasteiger partial charge is 0.273 e. The highest BCUT2D eigenvalue weighted by molar-refractivity contribution is 6.36. The molecule has 0 spiro atoms. The van der Waals surface area contributed by atoms with Gasteiger partial charge < -0.3 is 19.7 Å². The zero-order chi connectivity index (χ0) is 20.8. The lowest BCUT2D eigenvalue weighted by Gasteiger charge is -2.37. The molecule has 1 atom stereocenters. The van der Waals surface area contributed by atoms with Gasteiger partial charge in [0.15, 0.2) is 0 Å². The van der Waals surface area contributed by atoms with Crippen LogP contribution < -0.4 is 10.1 Å². The van der Waals surface area contributed by atoms with E-state index in [-0.39, 0.29) is 18.0 Å². The van der Waals surface area contributed by atoms with Crippen molar-refractivity contribution in [3.63, 3.8) is 0 Å². The molecule has 3 rings (SSSR count). The van der Waals surface area contributed by atoms with Crippen LogP contribution in [0, 0.1) is 0 Å². The first-order valence-corrected chi connectivity index (χ1v) is 10.6. The lowest BCUT2D eigenvalue weighted by molar-refractivity contribution is 0.0567. The van der Waals surface area contributed by atoms with Crippen molar-refractivity contribution in [1.29, 1.82) is 0 Å². The van der Waals surface area contributed by atoms with Gasteiger partial charge in [0.25, 0.3) is 5.91 Å². The normalized spacial score (nSPS) is 16.9. The van der Waals surface area contributed by atoms with Gasteiger partial charge in [-0.1, -0.05) is 17.7 Å². The number of amides is 1. The highest BCUT2D eigenvalue weighted by Crippen LogP contribution is 2.33. The van der Waals surface area contributed by atoms with Crippen LogP contribution in [0.15, 0.2) is 24.3 Å². The van der Waals surface area contributed by atoms with Gasteiger partial charge in [-0.2, -0.15) is 0 Å². The summed E-state index contributed by atoms with van der Waals surface area (Å²) >= 11 is 6.42. The van der Waals surface area contributed by atoms with Gasteiger partial charge in [0.2, 0.25) is 0 Å². The van der Waals surface area contributed by atoms with Gasteiger partial charge >= 0.3 is 0 Å². The van der Waals surface area contributed by atoms with E-state index in [4.69, 9.17) is 21.1 Å². The van der Waals surface area contributed by atoms with Gasteiger partial charge in [0, 0.05) is 44.8 Å². The highest BCUT2D eigenvalue weighted by atomic mass is 35.5. The summed E-state index contributed by atoms with van der Waals surface area (Å²) in [6, 6.07) is 7.49. The third-order valence-electron chi connectivity index (χ3n) is 5.17. The Morgan fingerprint density at radius 1 is 1.38 bits per heavy atom. The van der Waals surface area contributed by atoms with Crippen LogP contribution >= 0.6 is 11.6 Å². The average Bonchev–Trinajstić information content (AvgIpc) is 2.71. The summed E-state index contributed by atoms with van der Waals surface area (Å²) in [7, 11) is 1.66. The van der Waals surface area contributed by atoms with Crippen LogP contribution in [0.3, 0.4) is 0 Å². The Balaban J connectivity index is 1.95. The third kappa shape index (κ3) is 5.18. The largest absolute Gasteiger partial charge is 0.493 e. The Bertz CT molecular complexity index is 837. The molecule has 0 saturated carbocycles. The maximum Gasteiger partial charge on any atom is 0.273 e. The van der Waals surface area contributed by atoms with Crippen LogP contribution in [0.2, 0.25) is 5.02 Å². The number of carbonyl (C=O) groups is 1. The topological polar surface area (TPSA) is 63.7 Å². The first-order valence-electron chi connectivity index (χ1n) is 10.3. The number of piperidine rings is 1. The monoisotopic (exact) mass is 419 g/mol. The van der Waals surface area contributed by atoms with E-state index < -0.39 is 0 Å². The highest BCUT2D eigenvalue weighted by Gasteiger charge is 2.30. The molecule has 158 valence electrons. The first kappa shape index (κ1) is 21.8. The fourth-order valence-corrected chi connectivity index (χ4v) is 4.10. The number of nitrogens with zero attached hydrogens (tertiary/aromatic N) is 2. The molecule has 0 radical (unpaired) electrons. The van der Waals surface area contributed by atoms with E-state index in [1.165, 1.54) is 0 Å². The number of fused-ring (bicyclic) bond motifs is 1. The van der Waals surface area contributed by atoms with Crippen molar-refractivity contribution in [1.82, 2.24) is 15.2 Å². The van der Waals surface area contributed by atoms with Crippen LogP contribution in [-0.2, 0) is 4.74 Å². The number of hydrogen-bond donors (Lipinski definition) is 1. The number of rotatable bonds is 8. The van der Waals surface area contributed by atoms with Crippen molar-refractivity contribution >= 4 is 28.4 Å². The average molecular weight is 420 g/mol. The van der Waals surface area contributed by atoms with E-state index >= 15 is 0 Å². The molecule has 29 heavy (non-hydrogen) atoms. The molecule has 1 fully saturated rings. The summed E-state index contributed by atoms with van der Waals surface area (Å²) in [5.74, 6) is 0.517. The molecule has 1 saturated heterocycles. The molecule has 0 unspecified atom stereocenters. The van der Waals surface area contributed by atoms with Crippen LogP contribution in [0.4, 0.5) is 0 Å². The predicted octanol–water partition coefficient (Wildman–Crippen LogP) is 3.91. The Kier molecular flexibility index (Phi) is 7.70. The summed E-state index contributed by atoms with van der Waals surface area (Å²) in [5.41, 5.74) is 1.05. The van der Waals surface area contributed by atoms with E-state index in [0.717, 1.165) is 37.7 Å². The van der Waals surface area contributed by atoms with Gasteiger partial charge in [0.05, 0.1) is 22.5 Å². The number of carbonyl (C=O) groups excluding carboxylic acids is 1. The van der Waals surface area contributed by atoms with Gasteiger partial charge in [-0.3, -0.25) is 4.79 Å². The van der Waals surface area contributed by atoms with Gasteiger partial charge in [-0.25, -0.2) is 4.98 Å². The number of hydrogen-bond acceptors (Lipinski definition) is 5. The van der Waals surface area contributed by atoms with Crippen molar-refractivity contribution < 1.29 is 14.3 Å². The standard InChI is InChI=1S/C22H30ClN3O3/c1-15(2)26(16-7-5-10-24-14-16)22(27)19-13-20(29-12-6-11-28-3)21-17(23)8-4-9-18(21)25-19/h4,8-9,13,15-16,24H,5-7,10-12,14H2,1-3H3/t16-/m1/s1. The molecule has 1 aliphatic rings. The Morgan fingerprint density at radius 3 is 2.90 bits per heavy atom. The van der Waals surface area contributed by atoms with E-state index in [2.05, 4.69) is 10.3 Å². The summed E-state index contributed by atoms with van der Waals surface area (Å²) in [5, 5.41) is 4.69. The minimum absolute atomic E-state index is 0.0719. The molecule has 2 heterocycles. The number of nitrogens with one attached hydrogen (secondary N) is 1. The molecule has 0 aliphatic carbocycles. The number of methoxy groups -OCH3 is 1. The molecule has 1 aromatic carbocycles. The molecule has 1 aromatic heterocycles. The summed E-state index contributed by atoms with van der Waals surface area (Å²) in [4.78, 5) is 20.1. The number of halogens is 1. The van der Waals surface area contributed by atoms with Gasteiger partial charge in [-0.15, -0.1) is 0 Å². The summed E-state index contributed by atoms with van der Waals surface area (Å²) in [6.07, 6.45) is 2.81. The zero-order valence-corrected chi connectivity index (χ0v) is 18.2. The second-order valence-corrected chi connectivity index (χ2v) is 8.05. The quantitative estimate of drug-likeness (QED) is 0.657. The van der Waals surface area contributed by atoms with Crippen molar-refractivity contribution in [2.24, 2.45) is 0 Å².